The number of hydrogen-bond donors (Lipinski definition) is 1. The molecule has 0 spiro atoms. The summed E-state index contributed by atoms with van der Waals surface area (Å²) in [6.07, 6.45) is 3.66. The van der Waals surface area contributed by atoms with E-state index in [-0.39, 0.29) is 12.2 Å². The molecule has 2 aromatic carbocycles. The average Bonchev–Trinajstić information content (AvgIpc) is 3.34. The summed E-state index contributed by atoms with van der Waals surface area (Å²) in [5.74, 6) is 0.789. The molecule has 0 radical (unpaired) electrons. The lowest BCUT2D eigenvalue weighted by Gasteiger charge is -2.39. The summed E-state index contributed by atoms with van der Waals surface area (Å²) in [4.78, 5) is 26.9. The SMILES string of the molecule is Cc1cc(-c2cnc3[nH]cc(-c4ccc(OC5CN(C(=O)OC(C)(C)C)C5)cc4)c3c2)cc(C)c1N1CCN(C)CC1. The number of hydrogen-bond acceptors (Lipinski definition) is 6. The molecule has 4 aromatic rings. The second kappa shape index (κ2) is 11.0. The number of benzene rings is 2. The maximum Gasteiger partial charge on any atom is 0.410 e. The molecule has 2 aliphatic heterocycles. The molecule has 6 rings (SSSR count). The van der Waals surface area contributed by atoms with Gasteiger partial charge in [-0.3, -0.25) is 0 Å². The summed E-state index contributed by atoms with van der Waals surface area (Å²) in [5, 5.41) is 1.09. The highest BCUT2D eigenvalue weighted by molar-refractivity contribution is 5.96. The molecule has 2 saturated heterocycles. The molecular weight excluding hydrogens is 526 g/mol. The highest BCUT2D eigenvalue weighted by Gasteiger charge is 2.35. The first-order valence-corrected chi connectivity index (χ1v) is 14.8. The fraction of sp³-hybridized carbons (Fsp3) is 0.412. The first-order chi connectivity index (χ1) is 20.0. The van der Waals surface area contributed by atoms with E-state index in [1.54, 1.807) is 4.90 Å². The van der Waals surface area contributed by atoms with E-state index in [9.17, 15) is 4.79 Å². The van der Waals surface area contributed by atoms with Gasteiger partial charge in [-0.05, 0) is 94.3 Å². The minimum atomic E-state index is -0.495. The Kier molecular flexibility index (Phi) is 7.35. The van der Waals surface area contributed by atoms with Crippen molar-refractivity contribution in [1.29, 1.82) is 0 Å². The fourth-order valence-corrected chi connectivity index (χ4v) is 5.95. The van der Waals surface area contributed by atoms with E-state index in [1.165, 1.54) is 22.4 Å². The number of anilines is 1. The minimum Gasteiger partial charge on any atom is -0.487 e. The minimum absolute atomic E-state index is 0.0298. The van der Waals surface area contributed by atoms with Gasteiger partial charge in [0.15, 0.2) is 0 Å². The number of nitrogens with one attached hydrogen (secondary N) is 1. The third-order valence-corrected chi connectivity index (χ3v) is 8.14. The zero-order chi connectivity index (χ0) is 29.6. The molecule has 42 heavy (non-hydrogen) atoms. The Morgan fingerprint density at radius 1 is 0.929 bits per heavy atom. The molecule has 1 amide bonds. The summed E-state index contributed by atoms with van der Waals surface area (Å²) in [7, 11) is 2.19. The molecule has 0 atom stereocenters. The third kappa shape index (κ3) is 5.81. The smallest absolute Gasteiger partial charge is 0.410 e. The molecule has 2 aromatic heterocycles. The Labute approximate surface area is 248 Å². The number of rotatable bonds is 5. The molecular formula is C34H41N5O3. The molecule has 0 aliphatic carbocycles. The zero-order valence-corrected chi connectivity index (χ0v) is 25.5. The molecule has 220 valence electrons. The van der Waals surface area contributed by atoms with E-state index in [1.807, 2.05) is 45.3 Å². The first kappa shape index (κ1) is 28.1. The second-order valence-electron chi connectivity index (χ2n) is 12.7. The van der Waals surface area contributed by atoms with Crippen LogP contribution in [0.25, 0.3) is 33.3 Å². The van der Waals surface area contributed by atoms with Gasteiger partial charge >= 0.3 is 6.09 Å². The van der Waals surface area contributed by atoms with Crippen LogP contribution in [0.1, 0.15) is 31.9 Å². The van der Waals surface area contributed by atoms with Crippen LogP contribution in [0.3, 0.4) is 0 Å². The van der Waals surface area contributed by atoms with Gasteiger partial charge in [-0.2, -0.15) is 0 Å². The molecule has 1 N–H and O–H groups in total. The van der Waals surface area contributed by atoms with Gasteiger partial charge in [0, 0.05) is 60.8 Å². The number of likely N-dealkylation sites (N-methyl/N-ethyl adjacent to an activating group) is 1. The third-order valence-electron chi connectivity index (χ3n) is 8.14. The molecule has 8 heteroatoms. The number of ether oxygens (including phenoxy) is 2. The van der Waals surface area contributed by atoms with Crippen LogP contribution in [-0.4, -0.2) is 83.9 Å². The van der Waals surface area contributed by atoms with E-state index < -0.39 is 5.60 Å². The summed E-state index contributed by atoms with van der Waals surface area (Å²) >= 11 is 0. The Hall–Kier alpha value is -4.04. The van der Waals surface area contributed by atoms with Gasteiger partial charge < -0.3 is 29.2 Å². The number of aromatic amines is 1. The average molecular weight is 568 g/mol. The molecule has 0 bridgehead atoms. The standard InChI is InChI=1S/C34H41N5O3/c1-22-15-25(16-23(2)31(22)38-13-11-37(6)12-14-38)26-17-29-30(19-36-32(29)35-18-26)24-7-9-27(10-8-24)41-28-20-39(21-28)33(40)42-34(3,4)5/h7-10,15-19,28H,11-14,20-21H2,1-6H3,(H,35,36). The second-order valence-corrected chi connectivity index (χ2v) is 12.7. The zero-order valence-electron chi connectivity index (χ0n) is 25.5. The van der Waals surface area contributed by atoms with Crippen LogP contribution in [-0.2, 0) is 4.74 Å². The van der Waals surface area contributed by atoms with Crippen LogP contribution in [0, 0.1) is 13.8 Å². The van der Waals surface area contributed by atoms with Crippen molar-refractivity contribution >= 4 is 22.8 Å². The van der Waals surface area contributed by atoms with Crippen molar-refractivity contribution in [2.75, 3.05) is 51.2 Å². The van der Waals surface area contributed by atoms with Gasteiger partial charge in [0.25, 0.3) is 0 Å². The number of nitrogens with zero attached hydrogens (tertiary/aromatic N) is 4. The van der Waals surface area contributed by atoms with Gasteiger partial charge in [0.1, 0.15) is 23.1 Å². The van der Waals surface area contributed by atoms with Crippen LogP contribution in [0.15, 0.2) is 54.9 Å². The van der Waals surface area contributed by atoms with Crippen LogP contribution in [0.5, 0.6) is 5.75 Å². The molecule has 2 aliphatic rings. The van der Waals surface area contributed by atoms with Crippen molar-refractivity contribution in [1.82, 2.24) is 19.8 Å². The highest BCUT2D eigenvalue weighted by Crippen LogP contribution is 2.35. The van der Waals surface area contributed by atoms with E-state index >= 15 is 0 Å². The lowest BCUT2D eigenvalue weighted by atomic mass is 9.97. The van der Waals surface area contributed by atoms with Crippen molar-refractivity contribution in [2.24, 2.45) is 0 Å². The Morgan fingerprint density at radius 2 is 1.60 bits per heavy atom. The highest BCUT2D eigenvalue weighted by atomic mass is 16.6. The van der Waals surface area contributed by atoms with Crippen molar-refractivity contribution < 1.29 is 14.3 Å². The number of amides is 1. The number of carbonyl (C=O) groups is 1. The van der Waals surface area contributed by atoms with Crippen molar-refractivity contribution in [2.45, 2.75) is 46.3 Å². The van der Waals surface area contributed by atoms with Crippen LogP contribution < -0.4 is 9.64 Å². The number of fused-ring (bicyclic) bond motifs is 1. The number of carbonyl (C=O) groups excluding carboxylic acids is 1. The molecule has 4 heterocycles. The predicted molar refractivity (Wildman–Crippen MR) is 168 cm³/mol. The first-order valence-electron chi connectivity index (χ1n) is 14.8. The van der Waals surface area contributed by atoms with Gasteiger partial charge in [0.05, 0.1) is 13.1 Å². The van der Waals surface area contributed by atoms with Gasteiger partial charge in [-0.25, -0.2) is 9.78 Å². The van der Waals surface area contributed by atoms with Gasteiger partial charge in [-0.15, -0.1) is 0 Å². The molecule has 0 saturated carbocycles. The Balaban J connectivity index is 1.16. The van der Waals surface area contributed by atoms with Crippen molar-refractivity contribution in [3.05, 3.63) is 66.0 Å². The number of likely N-dealkylation sites (tertiary alicyclic amines) is 1. The monoisotopic (exact) mass is 567 g/mol. The maximum absolute atomic E-state index is 12.2. The van der Waals surface area contributed by atoms with Crippen molar-refractivity contribution in [3.8, 4) is 28.0 Å². The molecule has 2 fully saturated rings. The summed E-state index contributed by atoms with van der Waals surface area (Å²) < 4.78 is 11.5. The van der Waals surface area contributed by atoms with Gasteiger partial charge in [-0.1, -0.05) is 12.1 Å². The largest absolute Gasteiger partial charge is 0.487 e. The van der Waals surface area contributed by atoms with Crippen LogP contribution in [0.2, 0.25) is 0 Å². The maximum atomic E-state index is 12.2. The lowest BCUT2D eigenvalue weighted by Crippen LogP contribution is -2.57. The van der Waals surface area contributed by atoms with Crippen LogP contribution >= 0.6 is 0 Å². The fourth-order valence-electron chi connectivity index (χ4n) is 5.95. The number of pyridine rings is 1. The molecule has 0 unspecified atom stereocenters. The van der Waals surface area contributed by atoms with Gasteiger partial charge in [0.2, 0.25) is 0 Å². The lowest BCUT2D eigenvalue weighted by molar-refractivity contribution is -0.0221. The summed E-state index contributed by atoms with van der Waals surface area (Å²) in [5.41, 5.74) is 8.85. The topological polar surface area (TPSA) is 73.9 Å². The summed E-state index contributed by atoms with van der Waals surface area (Å²) in [6, 6.07) is 15.0. The van der Waals surface area contributed by atoms with E-state index in [0.717, 1.165) is 59.7 Å². The number of aromatic nitrogens is 2. The van der Waals surface area contributed by atoms with E-state index in [4.69, 9.17) is 14.5 Å². The quantitative estimate of drug-likeness (QED) is 0.307. The Bertz CT molecular complexity index is 1570. The normalized spacial score (nSPS) is 16.5. The van der Waals surface area contributed by atoms with E-state index in [0.29, 0.717) is 13.1 Å². The summed E-state index contributed by atoms with van der Waals surface area (Å²) in [6.45, 7) is 15.4. The number of H-pyrrole nitrogens is 1. The number of piperazine rings is 1. The molecule has 8 nitrogen and oxygen atoms in total. The Morgan fingerprint density at radius 3 is 2.24 bits per heavy atom. The van der Waals surface area contributed by atoms with E-state index in [2.05, 4.69) is 66.0 Å². The number of aryl methyl sites for hydroxylation is 2. The van der Waals surface area contributed by atoms with Crippen molar-refractivity contribution in [3.63, 3.8) is 0 Å². The van der Waals surface area contributed by atoms with Crippen LogP contribution in [0.4, 0.5) is 10.5 Å². The predicted octanol–water partition coefficient (Wildman–Crippen LogP) is 6.26.